The molecule has 0 bridgehead atoms. The molecule has 1 saturated carbocycles. The van der Waals surface area contributed by atoms with Crippen LogP contribution in [0.15, 0.2) is 47.4 Å². The molecule has 0 radical (unpaired) electrons. The number of nitrogens with zero attached hydrogens (tertiary/aromatic N) is 1. The van der Waals surface area contributed by atoms with Gasteiger partial charge in [-0.2, -0.15) is 0 Å². The molecule has 1 fully saturated rings. The first-order valence-electron chi connectivity index (χ1n) is 9.05. The van der Waals surface area contributed by atoms with Crippen molar-refractivity contribution in [2.75, 3.05) is 6.26 Å². The highest BCUT2D eigenvalue weighted by atomic mass is 32.2. The maximum absolute atomic E-state index is 12.3. The van der Waals surface area contributed by atoms with Crippen molar-refractivity contribution in [1.29, 1.82) is 0 Å². The smallest absolute Gasteiger partial charge is 0.219 e. The number of ketones is 3. The predicted octanol–water partition coefficient (Wildman–Crippen LogP) is 3.22. The van der Waals surface area contributed by atoms with Crippen molar-refractivity contribution in [3.8, 4) is 11.6 Å². The quantitative estimate of drug-likeness (QED) is 0.693. The Hall–Kier alpha value is -2.67. The molecule has 2 aromatic rings. The third-order valence-electron chi connectivity index (χ3n) is 4.75. The Balaban J connectivity index is 1.75. The van der Waals surface area contributed by atoms with Crippen LogP contribution in [0.4, 0.5) is 0 Å². The van der Waals surface area contributed by atoms with E-state index in [-0.39, 0.29) is 42.5 Å². The van der Waals surface area contributed by atoms with E-state index in [0.29, 0.717) is 22.2 Å². The van der Waals surface area contributed by atoms with E-state index in [0.717, 1.165) is 0 Å². The first-order valence-corrected chi connectivity index (χ1v) is 10.6. The Morgan fingerprint density at radius 2 is 1.75 bits per heavy atom. The zero-order chi connectivity index (χ0) is 20.3. The van der Waals surface area contributed by atoms with Crippen LogP contribution in [0.3, 0.4) is 0 Å². The lowest BCUT2D eigenvalue weighted by molar-refractivity contribution is -0.142. The standard InChI is InChI=1S/C21H21NO5S/c1-3-17(23)21-18(24)11-13(12-19(21)25)16-5-4-6-20(22-16)27-14-7-9-15(10-8-14)28(2)26/h4-10,13,21H,3,11-12H2,1-2H3. The van der Waals surface area contributed by atoms with E-state index in [1.807, 2.05) is 0 Å². The number of Topliss-reactive ketones (excluding diaryl/α,β-unsaturated/α-hetero) is 3. The molecule has 0 aliphatic heterocycles. The van der Waals surface area contributed by atoms with Gasteiger partial charge in [0, 0.05) is 58.9 Å². The van der Waals surface area contributed by atoms with Crippen molar-refractivity contribution in [2.24, 2.45) is 5.92 Å². The van der Waals surface area contributed by atoms with Crippen molar-refractivity contribution in [3.63, 3.8) is 0 Å². The molecule has 0 amide bonds. The van der Waals surface area contributed by atoms with Gasteiger partial charge in [-0.1, -0.05) is 13.0 Å². The summed E-state index contributed by atoms with van der Waals surface area (Å²) in [5.74, 6) is -1.54. The normalized spacial score (nSPS) is 20.6. The highest BCUT2D eigenvalue weighted by Crippen LogP contribution is 2.33. The second-order valence-corrected chi connectivity index (χ2v) is 8.10. The van der Waals surface area contributed by atoms with E-state index in [2.05, 4.69) is 4.98 Å². The third kappa shape index (κ3) is 4.42. The summed E-state index contributed by atoms with van der Waals surface area (Å²) >= 11 is 0. The van der Waals surface area contributed by atoms with Crippen LogP contribution in [-0.4, -0.2) is 32.8 Å². The SMILES string of the molecule is CCC(=O)C1C(=O)CC(c2cccc(Oc3ccc(S(C)=O)cc3)n2)CC1=O. The van der Waals surface area contributed by atoms with Gasteiger partial charge in [0.15, 0.2) is 17.3 Å². The van der Waals surface area contributed by atoms with Crippen molar-refractivity contribution in [2.45, 2.75) is 37.0 Å². The number of hydrogen-bond acceptors (Lipinski definition) is 6. The zero-order valence-electron chi connectivity index (χ0n) is 15.7. The molecule has 1 aliphatic rings. The molecule has 1 aromatic carbocycles. The summed E-state index contributed by atoms with van der Waals surface area (Å²) in [5.41, 5.74) is 0.591. The number of hydrogen-bond donors (Lipinski definition) is 0. The van der Waals surface area contributed by atoms with Crippen molar-refractivity contribution >= 4 is 28.1 Å². The van der Waals surface area contributed by atoms with Crippen LogP contribution in [-0.2, 0) is 25.2 Å². The Morgan fingerprint density at radius 1 is 1.11 bits per heavy atom. The van der Waals surface area contributed by atoms with E-state index < -0.39 is 16.7 Å². The van der Waals surface area contributed by atoms with Gasteiger partial charge in [0.1, 0.15) is 11.7 Å². The number of carbonyl (C=O) groups excluding carboxylic acids is 3. The first kappa shape index (κ1) is 20.1. The van der Waals surface area contributed by atoms with Crippen LogP contribution in [0.5, 0.6) is 11.6 Å². The van der Waals surface area contributed by atoms with Gasteiger partial charge in [-0.3, -0.25) is 18.6 Å². The van der Waals surface area contributed by atoms with E-state index in [4.69, 9.17) is 4.74 Å². The summed E-state index contributed by atoms with van der Waals surface area (Å²) in [4.78, 5) is 41.6. The van der Waals surface area contributed by atoms with Crippen LogP contribution in [0, 0.1) is 5.92 Å². The topological polar surface area (TPSA) is 90.4 Å². The molecule has 28 heavy (non-hydrogen) atoms. The fourth-order valence-electron chi connectivity index (χ4n) is 3.28. The van der Waals surface area contributed by atoms with Gasteiger partial charge >= 0.3 is 0 Å². The monoisotopic (exact) mass is 399 g/mol. The second kappa shape index (κ2) is 8.56. The molecule has 0 spiro atoms. The summed E-state index contributed by atoms with van der Waals surface area (Å²) in [5, 5.41) is 0. The third-order valence-corrected chi connectivity index (χ3v) is 5.69. The summed E-state index contributed by atoms with van der Waals surface area (Å²) in [6.07, 6.45) is 2.02. The summed E-state index contributed by atoms with van der Waals surface area (Å²) in [6, 6.07) is 12.1. The van der Waals surface area contributed by atoms with Crippen LogP contribution in [0.2, 0.25) is 0 Å². The highest BCUT2D eigenvalue weighted by molar-refractivity contribution is 7.84. The van der Waals surface area contributed by atoms with Crippen molar-refractivity contribution in [3.05, 3.63) is 48.2 Å². The summed E-state index contributed by atoms with van der Waals surface area (Å²) < 4.78 is 17.2. The van der Waals surface area contributed by atoms with Crippen LogP contribution >= 0.6 is 0 Å². The fraction of sp³-hybridized carbons (Fsp3) is 0.333. The van der Waals surface area contributed by atoms with E-state index in [1.54, 1.807) is 55.6 Å². The summed E-state index contributed by atoms with van der Waals surface area (Å²) in [6.45, 7) is 1.65. The minimum absolute atomic E-state index is 0.121. The van der Waals surface area contributed by atoms with Gasteiger partial charge < -0.3 is 4.74 Å². The Morgan fingerprint density at radius 3 is 2.32 bits per heavy atom. The minimum atomic E-state index is -1.11. The molecule has 1 unspecified atom stereocenters. The van der Waals surface area contributed by atoms with Crippen molar-refractivity contribution in [1.82, 2.24) is 4.98 Å². The van der Waals surface area contributed by atoms with Gasteiger partial charge in [-0.15, -0.1) is 0 Å². The van der Waals surface area contributed by atoms with Crippen LogP contribution in [0.25, 0.3) is 0 Å². The number of rotatable bonds is 6. The molecule has 1 atom stereocenters. The fourth-order valence-corrected chi connectivity index (χ4v) is 3.80. The molecule has 1 heterocycles. The lowest BCUT2D eigenvalue weighted by Gasteiger charge is -2.25. The molecule has 146 valence electrons. The maximum Gasteiger partial charge on any atom is 0.219 e. The lowest BCUT2D eigenvalue weighted by Crippen LogP contribution is -2.37. The largest absolute Gasteiger partial charge is 0.439 e. The maximum atomic E-state index is 12.3. The van der Waals surface area contributed by atoms with E-state index in [9.17, 15) is 18.6 Å². The van der Waals surface area contributed by atoms with Crippen molar-refractivity contribution < 1.29 is 23.3 Å². The number of aromatic nitrogens is 1. The Bertz CT molecular complexity index is 920. The van der Waals surface area contributed by atoms with Crippen LogP contribution in [0.1, 0.15) is 37.8 Å². The molecule has 3 rings (SSSR count). The number of carbonyl (C=O) groups is 3. The van der Waals surface area contributed by atoms with Gasteiger partial charge in [0.05, 0.1) is 0 Å². The highest BCUT2D eigenvalue weighted by Gasteiger charge is 2.40. The van der Waals surface area contributed by atoms with Gasteiger partial charge in [0.25, 0.3) is 0 Å². The number of ether oxygens (including phenoxy) is 1. The van der Waals surface area contributed by atoms with E-state index >= 15 is 0 Å². The molecular weight excluding hydrogens is 378 g/mol. The molecule has 7 heteroatoms. The average molecular weight is 399 g/mol. The zero-order valence-corrected chi connectivity index (χ0v) is 16.5. The average Bonchev–Trinajstić information content (AvgIpc) is 2.68. The van der Waals surface area contributed by atoms with Gasteiger partial charge in [-0.25, -0.2) is 4.98 Å². The second-order valence-electron chi connectivity index (χ2n) is 6.72. The Kier molecular flexibility index (Phi) is 6.14. The molecule has 6 nitrogen and oxygen atoms in total. The molecule has 1 aromatic heterocycles. The Labute approximate surface area is 165 Å². The first-order chi connectivity index (χ1) is 13.4. The summed E-state index contributed by atoms with van der Waals surface area (Å²) in [7, 11) is -1.06. The van der Waals surface area contributed by atoms with E-state index in [1.165, 1.54) is 0 Å². The van der Waals surface area contributed by atoms with Crippen LogP contribution < -0.4 is 4.74 Å². The number of pyridine rings is 1. The number of benzene rings is 1. The minimum Gasteiger partial charge on any atom is -0.439 e. The van der Waals surface area contributed by atoms with Gasteiger partial charge in [0.2, 0.25) is 5.88 Å². The van der Waals surface area contributed by atoms with Gasteiger partial charge in [-0.05, 0) is 30.3 Å². The molecule has 0 saturated heterocycles. The molecule has 0 N–H and O–H groups in total. The molecule has 1 aliphatic carbocycles. The molecular formula is C21H21NO5S. The lowest BCUT2D eigenvalue weighted by atomic mass is 9.76. The predicted molar refractivity (Wildman–Crippen MR) is 104 cm³/mol.